The van der Waals surface area contributed by atoms with E-state index in [1.807, 2.05) is 26.0 Å². The first-order valence-electron chi connectivity index (χ1n) is 2.32. The van der Waals surface area contributed by atoms with Gasteiger partial charge in [0.25, 0.3) is 0 Å². The van der Waals surface area contributed by atoms with Gasteiger partial charge in [-0.05, 0) is 26.0 Å². The molecule has 1 nitrogen and oxygen atoms in total. The standard InChI is InChI=1S/C6H8O/c1-5-3-4-6(2)7-5/h3-4H,1-2H3/i1+1,2+1. The molecule has 0 aliphatic heterocycles. The Morgan fingerprint density at radius 1 is 1.14 bits per heavy atom. The van der Waals surface area contributed by atoms with Gasteiger partial charge in [0.1, 0.15) is 11.5 Å². The van der Waals surface area contributed by atoms with Crippen LogP contribution in [0.2, 0.25) is 0 Å². The van der Waals surface area contributed by atoms with Crippen molar-refractivity contribution in [1.82, 2.24) is 0 Å². The van der Waals surface area contributed by atoms with E-state index in [0.29, 0.717) is 0 Å². The van der Waals surface area contributed by atoms with Crippen molar-refractivity contribution in [2.24, 2.45) is 0 Å². The van der Waals surface area contributed by atoms with Gasteiger partial charge in [0.05, 0.1) is 0 Å². The molecule has 0 radical (unpaired) electrons. The predicted molar refractivity (Wildman–Crippen MR) is 28.2 cm³/mol. The van der Waals surface area contributed by atoms with Gasteiger partial charge in [0.2, 0.25) is 0 Å². The average Bonchev–Trinajstić information content (AvgIpc) is 1.87. The third kappa shape index (κ3) is 0.829. The Labute approximate surface area is 43.0 Å². The number of hydrogen-bond donors (Lipinski definition) is 0. The minimum atomic E-state index is 0.984. The van der Waals surface area contributed by atoms with E-state index in [4.69, 9.17) is 4.42 Å². The molecule has 1 aromatic heterocycles. The molecule has 7 heavy (non-hydrogen) atoms. The number of hydrogen-bond acceptors (Lipinski definition) is 1. The zero-order valence-corrected chi connectivity index (χ0v) is 4.56. The normalized spacial score (nSPS) is 9.43. The first-order chi connectivity index (χ1) is 3.29. The Hall–Kier alpha value is -0.720. The Balaban J connectivity index is 3.04. The van der Waals surface area contributed by atoms with Crippen LogP contribution in [-0.4, -0.2) is 0 Å². The van der Waals surface area contributed by atoms with Crippen molar-refractivity contribution in [2.45, 2.75) is 13.8 Å². The lowest BCUT2D eigenvalue weighted by atomic mass is 10.6. The maximum atomic E-state index is 5.08. The highest BCUT2D eigenvalue weighted by Gasteiger charge is 1.85. The van der Waals surface area contributed by atoms with E-state index in [9.17, 15) is 0 Å². The van der Waals surface area contributed by atoms with Crippen molar-refractivity contribution in [2.75, 3.05) is 0 Å². The minimum absolute atomic E-state index is 0.984. The van der Waals surface area contributed by atoms with Crippen LogP contribution in [0.3, 0.4) is 0 Å². The second-order valence-corrected chi connectivity index (χ2v) is 1.66. The molecule has 0 N–H and O–H groups in total. The van der Waals surface area contributed by atoms with Crippen LogP contribution >= 0.6 is 0 Å². The van der Waals surface area contributed by atoms with Gasteiger partial charge >= 0.3 is 0 Å². The summed E-state index contributed by atoms with van der Waals surface area (Å²) in [4.78, 5) is 0. The molecule has 38 valence electrons. The van der Waals surface area contributed by atoms with Crippen LogP contribution in [0.1, 0.15) is 11.5 Å². The van der Waals surface area contributed by atoms with Crippen LogP contribution in [0.15, 0.2) is 16.5 Å². The summed E-state index contributed by atoms with van der Waals surface area (Å²) < 4.78 is 5.08. The topological polar surface area (TPSA) is 13.1 Å². The van der Waals surface area contributed by atoms with Gasteiger partial charge in [0, 0.05) is 0 Å². The fraction of sp³-hybridized carbons (Fsp3) is 0.333. The molecule has 0 unspecified atom stereocenters. The molecule has 0 bridgehead atoms. The highest BCUT2D eigenvalue weighted by Crippen LogP contribution is 2.02. The Morgan fingerprint density at radius 3 is 1.71 bits per heavy atom. The summed E-state index contributed by atoms with van der Waals surface area (Å²) in [5, 5.41) is 0. The maximum Gasteiger partial charge on any atom is 0.101 e. The van der Waals surface area contributed by atoms with Crippen LogP contribution < -0.4 is 0 Å². The zero-order chi connectivity index (χ0) is 5.28. The van der Waals surface area contributed by atoms with Crippen LogP contribution in [-0.2, 0) is 0 Å². The third-order valence-electron chi connectivity index (χ3n) is 0.875. The molecule has 1 heteroatoms. The van der Waals surface area contributed by atoms with Crippen LogP contribution in [0.4, 0.5) is 0 Å². The van der Waals surface area contributed by atoms with Crippen LogP contribution in [0.25, 0.3) is 0 Å². The van der Waals surface area contributed by atoms with E-state index >= 15 is 0 Å². The number of furan rings is 1. The molecule has 0 spiro atoms. The van der Waals surface area contributed by atoms with Gasteiger partial charge in [-0.2, -0.15) is 0 Å². The summed E-state index contributed by atoms with van der Waals surface area (Å²) in [5.74, 6) is 1.97. The van der Waals surface area contributed by atoms with Crippen LogP contribution in [0.5, 0.6) is 0 Å². The fourth-order valence-electron chi connectivity index (χ4n) is 0.557. The number of rotatable bonds is 0. The first-order valence-corrected chi connectivity index (χ1v) is 2.32. The van der Waals surface area contributed by atoms with E-state index in [1.165, 1.54) is 0 Å². The van der Waals surface area contributed by atoms with Gasteiger partial charge in [-0.15, -0.1) is 0 Å². The Morgan fingerprint density at radius 2 is 1.57 bits per heavy atom. The molecule has 0 amide bonds. The predicted octanol–water partition coefficient (Wildman–Crippen LogP) is 1.90. The highest BCUT2D eigenvalue weighted by atomic mass is 16.3. The lowest BCUT2D eigenvalue weighted by molar-refractivity contribution is 0.504. The highest BCUT2D eigenvalue weighted by molar-refractivity contribution is 5.02. The molecule has 1 aromatic rings. The second kappa shape index (κ2) is 1.41. The molecule has 1 heterocycles. The molecule has 0 saturated carbocycles. The smallest absolute Gasteiger partial charge is 0.101 e. The van der Waals surface area contributed by atoms with Crippen molar-refractivity contribution in [3.8, 4) is 0 Å². The molecule has 0 aliphatic rings. The van der Waals surface area contributed by atoms with E-state index < -0.39 is 0 Å². The van der Waals surface area contributed by atoms with Crippen LogP contribution in [0, 0.1) is 13.8 Å². The van der Waals surface area contributed by atoms with Gasteiger partial charge in [-0.1, -0.05) is 0 Å². The largest absolute Gasteiger partial charge is 0.467 e. The van der Waals surface area contributed by atoms with Gasteiger partial charge in [-0.3, -0.25) is 0 Å². The van der Waals surface area contributed by atoms with Crippen molar-refractivity contribution in [3.63, 3.8) is 0 Å². The third-order valence-corrected chi connectivity index (χ3v) is 0.875. The quantitative estimate of drug-likeness (QED) is 0.451. The van der Waals surface area contributed by atoms with Gasteiger partial charge in [-0.25, -0.2) is 0 Å². The second-order valence-electron chi connectivity index (χ2n) is 1.66. The summed E-state index contributed by atoms with van der Waals surface area (Å²) in [5.41, 5.74) is 0. The molecule has 0 aliphatic carbocycles. The SMILES string of the molecule is [13CH3]c1ccc([13CH3])o1. The molecule has 0 aromatic carbocycles. The Kier molecular flexibility index (Phi) is 0.895. The minimum Gasteiger partial charge on any atom is -0.467 e. The molecule has 1 rings (SSSR count). The van der Waals surface area contributed by atoms with Gasteiger partial charge < -0.3 is 4.42 Å². The van der Waals surface area contributed by atoms with E-state index in [2.05, 4.69) is 0 Å². The van der Waals surface area contributed by atoms with E-state index in [-0.39, 0.29) is 0 Å². The van der Waals surface area contributed by atoms with E-state index in [1.54, 1.807) is 0 Å². The summed E-state index contributed by atoms with van der Waals surface area (Å²) in [7, 11) is 0. The Bertz CT molecular complexity index is 136. The van der Waals surface area contributed by atoms with E-state index in [0.717, 1.165) is 11.5 Å². The molecular weight excluding hydrogens is 90.0 g/mol. The molecule has 0 fully saturated rings. The number of aryl methyl sites for hydroxylation is 2. The average molecular weight is 98.1 g/mol. The van der Waals surface area contributed by atoms with Gasteiger partial charge in [0.15, 0.2) is 0 Å². The van der Waals surface area contributed by atoms with Crippen molar-refractivity contribution >= 4 is 0 Å². The molecular formula is C6H8O. The summed E-state index contributed by atoms with van der Waals surface area (Å²) in [6.07, 6.45) is 0. The summed E-state index contributed by atoms with van der Waals surface area (Å²) in [6, 6.07) is 3.91. The first kappa shape index (κ1) is 4.44. The van der Waals surface area contributed by atoms with Crippen molar-refractivity contribution in [3.05, 3.63) is 23.7 Å². The summed E-state index contributed by atoms with van der Waals surface area (Å²) in [6.45, 7) is 3.88. The van der Waals surface area contributed by atoms with Crippen molar-refractivity contribution in [1.29, 1.82) is 0 Å². The monoisotopic (exact) mass is 98.1 g/mol. The molecule has 0 saturated heterocycles. The zero-order valence-electron chi connectivity index (χ0n) is 4.56. The summed E-state index contributed by atoms with van der Waals surface area (Å²) >= 11 is 0. The lowest BCUT2D eigenvalue weighted by Gasteiger charge is -1.76. The molecule has 0 atom stereocenters. The lowest BCUT2D eigenvalue weighted by Crippen LogP contribution is -1.53. The maximum absolute atomic E-state index is 5.08. The fourth-order valence-corrected chi connectivity index (χ4v) is 0.557. The van der Waals surface area contributed by atoms with Crippen molar-refractivity contribution < 1.29 is 4.42 Å².